The Labute approximate surface area is 707 Å². The van der Waals surface area contributed by atoms with Crippen LogP contribution in [0, 0.1) is 0 Å². The number of benzene rings is 13. The van der Waals surface area contributed by atoms with Gasteiger partial charge in [-0.1, -0.05) is 282 Å². The van der Waals surface area contributed by atoms with Gasteiger partial charge >= 0.3 is 0 Å². The first-order valence-electron chi connectivity index (χ1n) is 46.5. The smallest absolute Gasteiger partial charge is 0.0517 e. The van der Waals surface area contributed by atoms with Gasteiger partial charge in [-0.25, -0.2) is 0 Å². The molecule has 4 heteroatoms. The van der Waals surface area contributed by atoms with E-state index in [9.17, 15) is 0 Å². The number of hydrogen-bond acceptors (Lipinski definition) is 4. The molecule has 0 bridgehead atoms. The molecule has 4 fully saturated rings. The largest absolute Gasteiger partial charge is 0.335 e. The minimum atomic E-state index is -0.0838. The second-order valence-electron chi connectivity index (χ2n) is 39.5. The van der Waals surface area contributed by atoms with E-state index in [1.165, 1.54) is 331 Å². The molecule has 119 heavy (non-hydrogen) atoms. The summed E-state index contributed by atoms with van der Waals surface area (Å²) in [5, 5.41) is 16.2. The van der Waals surface area contributed by atoms with E-state index in [2.05, 4.69) is 330 Å². The van der Waals surface area contributed by atoms with Crippen molar-refractivity contribution in [1.29, 1.82) is 0 Å². The molecule has 15 aromatic carbocycles. The third-order valence-electron chi connectivity index (χ3n) is 33.4. The standard InChI is InChI=1S/C115H118N4/c1-9-77-71-78(47-59-101(77)116(82-39-23-19-24-40-82)109(2)63-31-11-10-12-32-64-109)86-51-55-90-94-75-96-92-57-53-88(80-49-61-103-99(73-80)111(4)66-34-14-17-37-69-114(111,7)118(103)84-43-27-21-28-44-84)106-89(81-50-62-104-100(74-81)112(5)67-35-15-18-38-70-115(112,8)119(104)85-45-29-22-30-46-85)54-58-93(108(92)106)97(96)76-95(94)91-56-52-87(105(86)107(90)91)79-48-60-102-98(72-79)110(3)65-33-13-16-36-68-113(110,6)117(102)83-41-25-20-26-42-83/h19-30,39-62,71-76H,9-18,31-38,63-70H2,1-8H3. The van der Waals surface area contributed by atoms with Crippen LogP contribution in [0.3, 0.4) is 0 Å². The number of nitrogens with zero attached hydrogens (tertiary/aromatic N) is 4. The summed E-state index contributed by atoms with van der Waals surface area (Å²) in [6, 6.07) is 102. The molecule has 0 radical (unpaired) electrons. The second kappa shape index (κ2) is 28.4. The fraction of sp³-hybridized carbons (Fsp3) is 0.357. The maximum absolute atomic E-state index is 2.78. The van der Waals surface area contributed by atoms with Gasteiger partial charge in [-0.2, -0.15) is 0 Å². The molecule has 6 atom stereocenters. The van der Waals surface area contributed by atoms with Crippen LogP contribution < -0.4 is 19.6 Å². The number of para-hydroxylation sites is 4. The second-order valence-corrected chi connectivity index (χ2v) is 39.5. The van der Waals surface area contributed by atoms with E-state index in [1.54, 1.807) is 0 Å². The van der Waals surface area contributed by atoms with Gasteiger partial charge in [-0.15, -0.1) is 0 Å². The number of fused-ring (bicyclic) bond motifs is 15. The van der Waals surface area contributed by atoms with Crippen LogP contribution in [-0.4, -0.2) is 22.2 Å². The number of anilines is 8. The Bertz CT molecular complexity index is 6210. The highest BCUT2D eigenvalue weighted by atomic mass is 15.3. The van der Waals surface area contributed by atoms with Gasteiger partial charge in [0.25, 0.3) is 0 Å². The van der Waals surface area contributed by atoms with Crippen molar-refractivity contribution in [2.45, 2.75) is 261 Å². The molecule has 598 valence electrons. The lowest BCUT2D eigenvalue weighted by Gasteiger charge is -2.48. The Hall–Kier alpha value is -10.4. The zero-order valence-corrected chi connectivity index (χ0v) is 71.9. The van der Waals surface area contributed by atoms with E-state index < -0.39 is 0 Å². The zero-order chi connectivity index (χ0) is 80.4. The minimum Gasteiger partial charge on any atom is -0.335 e. The molecule has 4 aliphatic carbocycles. The van der Waals surface area contributed by atoms with Crippen LogP contribution in [0.2, 0.25) is 0 Å². The van der Waals surface area contributed by atoms with E-state index in [1.807, 2.05) is 0 Å². The molecule has 3 aliphatic heterocycles. The maximum atomic E-state index is 2.78. The van der Waals surface area contributed by atoms with Gasteiger partial charge in [0.2, 0.25) is 0 Å². The fourth-order valence-electron chi connectivity index (χ4n) is 26.5. The van der Waals surface area contributed by atoms with Gasteiger partial charge < -0.3 is 19.6 Å². The van der Waals surface area contributed by atoms with E-state index in [0.717, 1.165) is 12.8 Å². The monoisotopic (exact) mass is 1550 g/mol. The summed E-state index contributed by atoms with van der Waals surface area (Å²) in [5.74, 6) is 0. The quantitative estimate of drug-likeness (QED) is 0.128. The zero-order valence-electron chi connectivity index (χ0n) is 71.9. The average molecular weight is 1560 g/mol. The van der Waals surface area contributed by atoms with E-state index in [0.29, 0.717) is 0 Å². The molecule has 3 heterocycles. The molecule has 0 N–H and O–H groups in total. The van der Waals surface area contributed by atoms with Crippen molar-refractivity contribution in [1.82, 2.24) is 0 Å². The highest BCUT2D eigenvalue weighted by Gasteiger charge is 2.60. The van der Waals surface area contributed by atoms with Crippen molar-refractivity contribution >= 4 is 110 Å². The van der Waals surface area contributed by atoms with E-state index >= 15 is 0 Å². The van der Waals surface area contributed by atoms with Crippen LogP contribution in [0.5, 0.6) is 0 Å². The lowest BCUT2D eigenvalue weighted by molar-refractivity contribution is 0.218. The predicted octanol–water partition coefficient (Wildman–Crippen LogP) is 32.9. The Balaban J connectivity index is 0.773. The Morgan fingerprint density at radius 2 is 0.555 bits per heavy atom. The normalized spacial score (nSPS) is 24.6. The molecule has 0 spiro atoms. The first-order valence-corrected chi connectivity index (χ1v) is 46.5. The van der Waals surface area contributed by atoms with Gasteiger partial charge in [-0.05, 0) is 326 Å². The summed E-state index contributed by atoms with van der Waals surface area (Å²) in [6.07, 6.45) is 32.1. The third-order valence-corrected chi connectivity index (χ3v) is 33.4. The number of rotatable bonds is 11. The lowest BCUT2D eigenvalue weighted by atomic mass is 9.63. The molecule has 22 rings (SSSR count). The summed E-state index contributed by atoms with van der Waals surface area (Å²) >= 11 is 0. The summed E-state index contributed by atoms with van der Waals surface area (Å²) < 4.78 is 0. The van der Waals surface area contributed by atoms with Crippen LogP contribution in [0.4, 0.5) is 45.5 Å². The van der Waals surface area contributed by atoms with Crippen LogP contribution in [0.15, 0.2) is 255 Å². The molecular weight excluding hydrogens is 1440 g/mol. The van der Waals surface area contributed by atoms with E-state index in [4.69, 9.17) is 0 Å². The van der Waals surface area contributed by atoms with Crippen LogP contribution in [0.25, 0.3) is 109 Å². The van der Waals surface area contributed by atoms with Crippen LogP contribution >= 0.6 is 0 Å². The van der Waals surface area contributed by atoms with Gasteiger partial charge in [0.1, 0.15) is 0 Å². The predicted molar refractivity (Wildman–Crippen MR) is 510 cm³/mol. The molecule has 15 aromatic rings. The Morgan fingerprint density at radius 1 is 0.261 bits per heavy atom. The van der Waals surface area contributed by atoms with Crippen molar-refractivity contribution in [3.8, 4) is 44.5 Å². The van der Waals surface area contributed by atoms with Crippen molar-refractivity contribution in [3.63, 3.8) is 0 Å². The molecule has 4 saturated carbocycles. The van der Waals surface area contributed by atoms with Crippen LogP contribution in [-0.2, 0) is 22.7 Å². The number of hydrogen-bond donors (Lipinski definition) is 0. The van der Waals surface area contributed by atoms with Gasteiger partial charge in [0.05, 0.1) is 16.6 Å². The minimum absolute atomic E-state index is 0.00954. The maximum Gasteiger partial charge on any atom is 0.0517 e. The SMILES string of the molecule is CCc1cc(-c2ccc3c4cc5c(cc4c4ccc(-c6ccc7c(c6)C6(C)CCCCCCC6(C)N7c6ccccc6)c2c34)c2ccc(-c3ccc4c(c3)C3(C)CCCCCCC3(C)N4c3ccccc3)c3c(-c4ccc6c(c4)C4(C)CCCCCCC4(C)N6c4ccccc4)ccc5c32)ccc1N(c1ccccc1)C1(C)CCCCCCC1. The topological polar surface area (TPSA) is 13.0 Å². The molecule has 0 aromatic heterocycles. The Morgan fingerprint density at radius 3 is 0.891 bits per heavy atom. The molecule has 0 saturated heterocycles. The third kappa shape index (κ3) is 11.0. The van der Waals surface area contributed by atoms with Crippen molar-refractivity contribution in [3.05, 3.63) is 277 Å². The Kier molecular flexibility index (Phi) is 17.8. The van der Waals surface area contributed by atoms with Crippen LogP contribution in [0.1, 0.15) is 238 Å². The first-order chi connectivity index (χ1) is 58.1. The van der Waals surface area contributed by atoms with Gasteiger partial charge in [0, 0.05) is 67.3 Å². The summed E-state index contributed by atoms with van der Waals surface area (Å²) in [4.78, 5) is 11.1. The van der Waals surface area contributed by atoms with E-state index in [-0.39, 0.29) is 38.4 Å². The molecule has 7 aliphatic rings. The molecule has 0 amide bonds. The summed E-state index contributed by atoms with van der Waals surface area (Å²) in [7, 11) is 0. The van der Waals surface area contributed by atoms with Gasteiger partial charge in [0.15, 0.2) is 0 Å². The van der Waals surface area contributed by atoms with Gasteiger partial charge in [-0.3, -0.25) is 0 Å². The molecule has 6 unspecified atom stereocenters. The molecule has 4 nitrogen and oxygen atoms in total. The summed E-state index contributed by atoms with van der Waals surface area (Å²) in [5.41, 5.74) is 26.7. The van der Waals surface area contributed by atoms with Crippen molar-refractivity contribution in [2.24, 2.45) is 0 Å². The van der Waals surface area contributed by atoms with Crippen molar-refractivity contribution < 1.29 is 0 Å². The van der Waals surface area contributed by atoms with Crippen molar-refractivity contribution in [2.75, 3.05) is 19.6 Å². The average Bonchev–Trinajstić information content (AvgIpc) is 1.54. The fourth-order valence-corrected chi connectivity index (χ4v) is 26.5. The number of aryl methyl sites for hydroxylation is 1. The molecular formula is C115H118N4. The highest BCUT2D eigenvalue weighted by molar-refractivity contribution is 6.40. The lowest BCUT2D eigenvalue weighted by Crippen LogP contribution is -2.53. The summed E-state index contributed by atoms with van der Waals surface area (Å²) in [6.45, 7) is 20.7. The first kappa shape index (κ1) is 74.8. The highest BCUT2D eigenvalue weighted by Crippen LogP contribution is 2.65.